The predicted molar refractivity (Wildman–Crippen MR) is 76.7 cm³/mol. The summed E-state index contributed by atoms with van der Waals surface area (Å²) >= 11 is 0. The zero-order valence-corrected chi connectivity index (χ0v) is 13.6. The van der Waals surface area contributed by atoms with Crippen LogP contribution < -0.4 is 0 Å². The average molecular weight is 312 g/mol. The Kier molecular flexibility index (Phi) is 4.78. The van der Waals surface area contributed by atoms with Crippen molar-refractivity contribution in [1.29, 1.82) is 0 Å². The molecule has 0 aromatic carbocycles. The Morgan fingerprint density at radius 1 is 1.32 bits per heavy atom. The van der Waals surface area contributed by atoms with Crippen molar-refractivity contribution in [3.8, 4) is 0 Å². The van der Waals surface area contributed by atoms with Gasteiger partial charge in [0.1, 0.15) is 12.2 Å². The Bertz CT molecular complexity index is 464. The number of fused-ring (bicyclic) bond motifs is 2. The third-order valence-electron chi connectivity index (χ3n) is 4.60. The molecule has 0 aromatic heterocycles. The maximum Gasteiger partial charge on any atom is 0.344 e. The van der Waals surface area contributed by atoms with E-state index in [2.05, 4.69) is 0 Å². The van der Waals surface area contributed by atoms with Crippen LogP contribution >= 0.6 is 0 Å². The number of hydrogen-bond donors (Lipinski definition) is 0. The molecule has 0 spiro atoms. The summed E-state index contributed by atoms with van der Waals surface area (Å²) in [6, 6.07) is 0. The van der Waals surface area contributed by atoms with E-state index < -0.39 is 24.6 Å². The van der Waals surface area contributed by atoms with E-state index in [0.29, 0.717) is 19.3 Å². The quantitative estimate of drug-likeness (QED) is 0.582. The molecule has 2 rings (SSSR count). The van der Waals surface area contributed by atoms with Gasteiger partial charge in [-0.25, -0.2) is 4.79 Å². The fourth-order valence-corrected chi connectivity index (χ4v) is 2.63. The van der Waals surface area contributed by atoms with Gasteiger partial charge in [-0.1, -0.05) is 27.7 Å². The molecule has 0 aromatic rings. The van der Waals surface area contributed by atoms with Crippen LogP contribution in [0.15, 0.2) is 0 Å². The minimum absolute atomic E-state index is 0.0505. The fraction of sp³-hybridized carbons (Fsp3) is 0.812. The number of carbonyl (C=O) groups is 3. The molecule has 0 radical (unpaired) electrons. The second kappa shape index (κ2) is 6.26. The molecule has 6 heteroatoms. The highest BCUT2D eigenvalue weighted by molar-refractivity contribution is 5.78. The van der Waals surface area contributed by atoms with Crippen LogP contribution in [0, 0.1) is 17.3 Å². The molecule has 6 nitrogen and oxygen atoms in total. The first-order chi connectivity index (χ1) is 10.2. The van der Waals surface area contributed by atoms with Gasteiger partial charge in [0.2, 0.25) is 0 Å². The third-order valence-corrected chi connectivity index (χ3v) is 4.60. The number of esters is 3. The molecule has 124 valence electrons. The van der Waals surface area contributed by atoms with Crippen LogP contribution in [0.1, 0.15) is 47.0 Å². The highest BCUT2D eigenvalue weighted by Crippen LogP contribution is 2.35. The predicted octanol–water partition coefficient (Wildman–Crippen LogP) is 1.85. The van der Waals surface area contributed by atoms with E-state index in [4.69, 9.17) is 14.2 Å². The van der Waals surface area contributed by atoms with Gasteiger partial charge in [0, 0.05) is 6.42 Å². The third kappa shape index (κ3) is 3.78. The minimum Gasteiger partial charge on any atom is -0.458 e. The number of hydrogen-bond acceptors (Lipinski definition) is 6. The standard InChI is InChI=1S/C16H24O6/c1-9(16(2,3)4)14(18)20-8-13(17)21-11-6-5-10-7-12(11)22-15(10)19/h9-12H,5-8H2,1-4H3. The van der Waals surface area contributed by atoms with Crippen LogP contribution in [0.5, 0.6) is 0 Å². The van der Waals surface area contributed by atoms with Crippen molar-refractivity contribution in [3.63, 3.8) is 0 Å². The van der Waals surface area contributed by atoms with Gasteiger partial charge in [-0.3, -0.25) is 9.59 Å². The minimum atomic E-state index is -0.596. The molecule has 0 amide bonds. The fourth-order valence-electron chi connectivity index (χ4n) is 2.63. The second-order valence-corrected chi connectivity index (χ2v) is 7.21. The lowest BCUT2D eigenvalue weighted by molar-refractivity contribution is -0.171. The molecule has 1 heterocycles. The summed E-state index contributed by atoms with van der Waals surface area (Å²) in [5.74, 6) is -1.58. The number of carbonyl (C=O) groups excluding carboxylic acids is 3. The van der Waals surface area contributed by atoms with E-state index in [1.807, 2.05) is 20.8 Å². The normalized spacial score (nSPS) is 28.7. The van der Waals surface area contributed by atoms with E-state index in [1.54, 1.807) is 6.92 Å². The van der Waals surface area contributed by atoms with Crippen molar-refractivity contribution >= 4 is 17.9 Å². The number of rotatable bonds is 4. The Hall–Kier alpha value is -1.59. The molecule has 22 heavy (non-hydrogen) atoms. The highest BCUT2D eigenvalue weighted by Gasteiger charge is 2.45. The Morgan fingerprint density at radius 3 is 2.64 bits per heavy atom. The zero-order valence-electron chi connectivity index (χ0n) is 13.6. The van der Waals surface area contributed by atoms with Crippen LogP contribution in [0.4, 0.5) is 0 Å². The molecular weight excluding hydrogens is 288 g/mol. The summed E-state index contributed by atoms with van der Waals surface area (Å²) in [5, 5.41) is 0. The van der Waals surface area contributed by atoms with Gasteiger partial charge in [-0.05, 0) is 18.3 Å². The molecule has 4 unspecified atom stereocenters. The van der Waals surface area contributed by atoms with Crippen LogP contribution in [0.2, 0.25) is 0 Å². The lowest BCUT2D eigenvalue weighted by atomic mass is 9.82. The van der Waals surface area contributed by atoms with Gasteiger partial charge in [0.25, 0.3) is 0 Å². The van der Waals surface area contributed by atoms with Gasteiger partial charge >= 0.3 is 17.9 Å². The van der Waals surface area contributed by atoms with Crippen LogP contribution in [-0.4, -0.2) is 36.7 Å². The molecule has 1 aliphatic heterocycles. The molecule has 2 bridgehead atoms. The molecule has 1 aliphatic carbocycles. The van der Waals surface area contributed by atoms with Crippen molar-refractivity contribution in [2.75, 3.05) is 6.61 Å². The molecule has 0 N–H and O–H groups in total. The lowest BCUT2D eigenvalue weighted by Crippen LogP contribution is -2.35. The zero-order chi connectivity index (χ0) is 16.5. The van der Waals surface area contributed by atoms with Gasteiger partial charge < -0.3 is 14.2 Å². The van der Waals surface area contributed by atoms with E-state index in [-0.39, 0.29) is 29.3 Å². The SMILES string of the molecule is CC(C(=O)OCC(=O)OC1CCC2CC1OC2=O)C(C)(C)C. The monoisotopic (exact) mass is 312 g/mol. The van der Waals surface area contributed by atoms with Gasteiger partial charge in [0.15, 0.2) is 6.61 Å². The van der Waals surface area contributed by atoms with E-state index >= 15 is 0 Å². The largest absolute Gasteiger partial charge is 0.458 e. The van der Waals surface area contributed by atoms with Crippen LogP contribution in [0.3, 0.4) is 0 Å². The maximum atomic E-state index is 11.9. The van der Waals surface area contributed by atoms with Crippen molar-refractivity contribution in [2.45, 2.75) is 59.2 Å². The van der Waals surface area contributed by atoms with Crippen LogP contribution in [-0.2, 0) is 28.6 Å². The summed E-state index contributed by atoms with van der Waals surface area (Å²) in [6.45, 7) is 7.17. The van der Waals surface area contributed by atoms with Crippen molar-refractivity contribution in [2.24, 2.45) is 17.3 Å². The van der Waals surface area contributed by atoms with Crippen molar-refractivity contribution < 1.29 is 28.6 Å². The molecule has 2 fully saturated rings. The summed E-state index contributed by atoms with van der Waals surface area (Å²) in [4.78, 5) is 35.1. The first-order valence-electron chi connectivity index (χ1n) is 7.75. The Balaban J connectivity index is 1.77. The van der Waals surface area contributed by atoms with E-state index in [0.717, 1.165) is 0 Å². The lowest BCUT2D eigenvalue weighted by Gasteiger charge is -2.26. The number of ether oxygens (including phenoxy) is 3. The van der Waals surface area contributed by atoms with E-state index in [9.17, 15) is 14.4 Å². The summed E-state index contributed by atoms with van der Waals surface area (Å²) in [5.41, 5.74) is -0.225. The summed E-state index contributed by atoms with van der Waals surface area (Å²) in [6.07, 6.45) is 1.12. The van der Waals surface area contributed by atoms with Crippen molar-refractivity contribution in [1.82, 2.24) is 0 Å². The summed E-state index contributed by atoms with van der Waals surface area (Å²) in [7, 11) is 0. The average Bonchev–Trinajstić information content (AvgIpc) is 2.73. The highest BCUT2D eigenvalue weighted by atomic mass is 16.6. The first kappa shape index (κ1) is 16.8. The smallest absolute Gasteiger partial charge is 0.344 e. The molecule has 1 saturated carbocycles. The van der Waals surface area contributed by atoms with E-state index in [1.165, 1.54) is 0 Å². The second-order valence-electron chi connectivity index (χ2n) is 7.21. The van der Waals surface area contributed by atoms with Crippen LogP contribution in [0.25, 0.3) is 0 Å². The molecular formula is C16H24O6. The first-order valence-corrected chi connectivity index (χ1v) is 7.75. The Labute approximate surface area is 130 Å². The topological polar surface area (TPSA) is 78.9 Å². The maximum absolute atomic E-state index is 11.9. The molecule has 1 saturated heterocycles. The Morgan fingerprint density at radius 2 is 2.00 bits per heavy atom. The van der Waals surface area contributed by atoms with Gasteiger partial charge in [0.05, 0.1) is 11.8 Å². The molecule has 4 atom stereocenters. The summed E-state index contributed by atoms with van der Waals surface area (Å²) < 4.78 is 15.5. The molecule has 2 aliphatic rings. The van der Waals surface area contributed by atoms with Gasteiger partial charge in [-0.2, -0.15) is 0 Å². The van der Waals surface area contributed by atoms with Crippen molar-refractivity contribution in [3.05, 3.63) is 0 Å². The van der Waals surface area contributed by atoms with Gasteiger partial charge in [-0.15, -0.1) is 0 Å².